The van der Waals surface area contributed by atoms with E-state index in [1.165, 1.54) is 24.3 Å². The summed E-state index contributed by atoms with van der Waals surface area (Å²) in [6.45, 7) is 0.107. The maximum Gasteiger partial charge on any atom is 0.407 e. The molecule has 0 spiro atoms. The lowest BCUT2D eigenvalue weighted by atomic mass is 9.78. The third-order valence-electron chi connectivity index (χ3n) is 5.73. The molecule has 1 aliphatic carbocycles. The van der Waals surface area contributed by atoms with Crippen LogP contribution in [0.2, 0.25) is 0 Å². The van der Waals surface area contributed by atoms with E-state index in [0.29, 0.717) is 12.0 Å². The molecule has 1 aliphatic rings. The van der Waals surface area contributed by atoms with Crippen LogP contribution in [0.15, 0.2) is 83.8 Å². The largest absolute Gasteiger partial charge is 0.508 e. The predicted octanol–water partition coefficient (Wildman–Crippen LogP) is 3.29. The molecule has 0 unspecified atom stereocenters. The molecule has 0 fully saturated rings. The molecule has 33 heavy (non-hydrogen) atoms. The SMILES string of the molecule is O=C(N[C@@H]1Cc2ccccc2[C@](O)(CS(=O)(=O)c2ccc(O)cc2)C1)OCc1ccccc1. The van der Waals surface area contributed by atoms with Gasteiger partial charge in [-0.3, -0.25) is 0 Å². The molecule has 0 radical (unpaired) electrons. The molecule has 0 aromatic heterocycles. The van der Waals surface area contributed by atoms with Gasteiger partial charge in [-0.2, -0.15) is 0 Å². The van der Waals surface area contributed by atoms with Crippen LogP contribution in [0, 0.1) is 0 Å². The van der Waals surface area contributed by atoms with Crippen molar-refractivity contribution >= 4 is 15.9 Å². The molecule has 3 aromatic carbocycles. The van der Waals surface area contributed by atoms with Crippen molar-refractivity contribution in [2.24, 2.45) is 0 Å². The van der Waals surface area contributed by atoms with Crippen molar-refractivity contribution in [3.8, 4) is 5.75 Å². The van der Waals surface area contributed by atoms with Crippen LogP contribution in [0.25, 0.3) is 0 Å². The summed E-state index contributed by atoms with van der Waals surface area (Å²) in [5.74, 6) is -0.604. The van der Waals surface area contributed by atoms with Crippen LogP contribution >= 0.6 is 0 Å². The van der Waals surface area contributed by atoms with E-state index in [-0.39, 0.29) is 23.7 Å². The molecule has 0 heterocycles. The van der Waals surface area contributed by atoms with Crippen molar-refractivity contribution in [3.05, 3.63) is 95.6 Å². The highest BCUT2D eigenvalue weighted by Gasteiger charge is 2.43. The Bertz CT molecular complexity index is 1230. The lowest BCUT2D eigenvalue weighted by molar-refractivity contribution is 0.0305. The van der Waals surface area contributed by atoms with Gasteiger partial charge >= 0.3 is 6.09 Å². The van der Waals surface area contributed by atoms with Gasteiger partial charge in [0.15, 0.2) is 9.84 Å². The number of nitrogens with one attached hydrogen (secondary N) is 1. The van der Waals surface area contributed by atoms with Crippen LogP contribution in [0.1, 0.15) is 23.1 Å². The van der Waals surface area contributed by atoms with Crippen LogP contribution in [0.3, 0.4) is 0 Å². The number of fused-ring (bicyclic) bond motifs is 1. The average Bonchev–Trinajstić information content (AvgIpc) is 2.78. The van der Waals surface area contributed by atoms with Crippen LogP contribution in [0.4, 0.5) is 4.79 Å². The second-order valence-corrected chi connectivity index (χ2v) is 10.2. The summed E-state index contributed by atoms with van der Waals surface area (Å²) in [5.41, 5.74) is 0.435. The topological polar surface area (TPSA) is 113 Å². The second kappa shape index (κ2) is 9.25. The minimum Gasteiger partial charge on any atom is -0.508 e. The van der Waals surface area contributed by atoms with Crippen molar-refractivity contribution in [2.75, 3.05) is 5.75 Å². The fourth-order valence-electron chi connectivity index (χ4n) is 4.23. The highest BCUT2D eigenvalue weighted by atomic mass is 32.2. The predicted molar refractivity (Wildman–Crippen MR) is 122 cm³/mol. The quantitative estimate of drug-likeness (QED) is 0.513. The van der Waals surface area contributed by atoms with Crippen LogP contribution in [0.5, 0.6) is 5.75 Å². The average molecular weight is 468 g/mol. The summed E-state index contributed by atoms with van der Waals surface area (Å²) in [4.78, 5) is 12.4. The van der Waals surface area contributed by atoms with Gasteiger partial charge in [-0.05, 0) is 47.4 Å². The minimum absolute atomic E-state index is 0.00330. The molecule has 0 saturated heterocycles. The first-order chi connectivity index (χ1) is 15.7. The molecule has 1 amide bonds. The highest BCUT2D eigenvalue weighted by molar-refractivity contribution is 7.91. The first-order valence-electron chi connectivity index (χ1n) is 10.5. The van der Waals surface area contributed by atoms with Gasteiger partial charge in [-0.1, -0.05) is 54.6 Å². The Morgan fingerprint density at radius 1 is 1.00 bits per heavy atom. The van der Waals surface area contributed by atoms with Gasteiger partial charge in [-0.25, -0.2) is 13.2 Å². The number of phenols is 1. The number of sulfone groups is 1. The van der Waals surface area contributed by atoms with Crippen LogP contribution in [-0.4, -0.2) is 36.5 Å². The molecule has 0 saturated carbocycles. The maximum atomic E-state index is 13.1. The molecule has 3 aromatic rings. The van der Waals surface area contributed by atoms with E-state index in [1.54, 1.807) is 12.1 Å². The molecule has 4 rings (SSSR count). The second-order valence-electron chi connectivity index (χ2n) is 8.25. The Balaban J connectivity index is 1.52. The summed E-state index contributed by atoms with van der Waals surface area (Å²) in [6, 6.07) is 21.0. The molecule has 3 N–H and O–H groups in total. The van der Waals surface area contributed by atoms with E-state index < -0.39 is 33.3 Å². The molecule has 7 nitrogen and oxygen atoms in total. The molecule has 2 atom stereocenters. The summed E-state index contributed by atoms with van der Waals surface area (Å²) >= 11 is 0. The number of ether oxygens (including phenoxy) is 1. The third-order valence-corrected chi connectivity index (χ3v) is 7.58. The minimum atomic E-state index is -3.88. The third kappa shape index (κ3) is 5.35. The number of carbonyl (C=O) groups excluding carboxylic acids is 1. The van der Waals surface area contributed by atoms with E-state index in [4.69, 9.17) is 4.74 Å². The molecular formula is C25H25NO6S. The van der Waals surface area contributed by atoms with Crippen LogP contribution in [-0.2, 0) is 33.2 Å². The van der Waals surface area contributed by atoms with Gasteiger partial charge in [0.1, 0.15) is 18.0 Å². The number of amides is 1. The van der Waals surface area contributed by atoms with E-state index in [1.807, 2.05) is 42.5 Å². The zero-order chi connectivity index (χ0) is 23.5. The normalized spacial score (nSPS) is 20.0. The summed E-state index contributed by atoms with van der Waals surface area (Å²) in [7, 11) is -3.88. The summed E-state index contributed by atoms with van der Waals surface area (Å²) in [5, 5.41) is 23.8. The van der Waals surface area contributed by atoms with Crippen molar-refractivity contribution < 1.29 is 28.2 Å². The van der Waals surface area contributed by atoms with Gasteiger partial charge in [0, 0.05) is 12.5 Å². The fraction of sp³-hybridized carbons (Fsp3) is 0.240. The molecular weight excluding hydrogens is 442 g/mol. The zero-order valence-corrected chi connectivity index (χ0v) is 18.7. The van der Waals surface area contributed by atoms with E-state index in [9.17, 15) is 23.4 Å². The monoisotopic (exact) mass is 467 g/mol. The first-order valence-corrected chi connectivity index (χ1v) is 12.2. The highest BCUT2D eigenvalue weighted by Crippen LogP contribution is 2.38. The van der Waals surface area contributed by atoms with Gasteiger partial charge in [0.25, 0.3) is 0 Å². The van der Waals surface area contributed by atoms with Crippen LogP contribution < -0.4 is 5.32 Å². The van der Waals surface area contributed by atoms with Gasteiger partial charge in [-0.15, -0.1) is 0 Å². The molecule has 0 aliphatic heterocycles. The number of rotatable bonds is 6. The maximum absolute atomic E-state index is 13.1. The lowest BCUT2D eigenvalue weighted by Crippen LogP contribution is -2.49. The van der Waals surface area contributed by atoms with Crippen molar-refractivity contribution in [2.45, 2.75) is 36.0 Å². The molecule has 8 heteroatoms. The Hall–Kier alpha value is -3.36. The molecule has 172 valence electrons. The van der Waals surface area contributed by atoms with Crippen molar-refractivity contribution in [1.82, 2.24) is 5.32 Å². The number of phenolic OH excluding ortho intramolecular Hbond substituents is 1. The molecule has 0 bridgehead atoms. The van der Waals surface area contributed by atoms with Gasteiger partial charge in [0.05, 0.1) is 10.6 Å². The van der Waals surface area contributed by atoms with E-state index in [0.717, 1.165) is 11.1 Å². The standard InChI is InChI=1S/C25H25NO6S/c27-21-10-12-22(13-11-21)33(30,31)17-25(29)15-20(14-19-8-4-5-9-23(19)25)26-24(28)32-16-18-6-2-1-3-7-18/h1-13,20,27,29H,14-17H2,(H,26,28)/t20-,25-/m1/s1. The van der Waals surface area contributed by atoms with E-state index >= 15 is 0 Å². The Morgan fingerprint density at radius 3 is 2.39 bits per heavy atom. The fourth-order valence-corrected chi connectivity index (χ4v) is 5.85. The zero-order valence-electron chi connectivity index (χ0n) is 17.8. The number of benzene rings is 3. The number of carbonyl (C=O) groups is 1. The number of hydrogen-bond acceptors (Lipinski definition) is 6. The number of alkyl carbamates (subject to hydrolysis) is 1. The van der Waals surface area contributed by atoms with E-state index in [2.05, 4.69) is 5.32 Å². The summed E-state index contributed by atoms with van der Waals surface area (Å²) in [6.07, 6.45) is -0.174. The Morgan fingerprint density at radius 2 is 1.67 bits per heavy atom. The smallest absolute Gasteiger partial charge is 0.407 e. The first kappa shape index (κ1) is 22.8. The van der Waals surface area contributed by atoms with Gasteiger partial charge in [0.2, 0.25) is 0 Å². The Kier molecular flexibility index (Phi) is 6.40. The van der Waals surface area contributed by atoms with Crippen molar-refractivity contribution in [3.63, 3.8) is 0 Å². The van der Waals surface area contributed by atoms with Gasteiger partial charge < -0.3 is 20.3 Å². The number of aromatic hydroxyl groups is 1. The summed E-state index contributed by atoms with van der Waals surface area (Å²) < 4.78 is 31.4. The lowest BCUT2D eigenvalue weighted by Gasteiger charge is -2.38. The van der Waals surface area contributed by atoms with Crippen molar-refractivity contribution in [1.29, 1.82) is 0 Å². The number of aliphatic hydroxyl groups is 1. The Labute approximate surface area is 192 Å². The number of hydrogen-bond donors (Lipinski definition) is 3.